The van der Waals surface area contributed by atoms with Crippen LogP contribution in [-0.2, 0) is 11.3 Å². The molecule has 0 N–H and O–H groups in total. The Hall–Kier alpha value is -3.14. The average Bonchev–Trinajstić information content (AvgIpc) is 2.70. The molecule has 4 rings (SSSR count). The number of fused-ring (bicyclic) bond motifs is 2. The van der Waals surface area contributed by atoms with Gasteiger partial charge in [0, 0.05) is 23.0 Å². The summed E-state index contributed by atoms with van der Waals surface area (Å²) in [6.07, 6.45) is 2.82. The lowest BCUT2D eigenvalue weighted by atomic mass is 10.1. The van der Waals surface area contributed by atoms with Crippen molar-refractivity contribution >= 4 is 21.7 Å². The van der Waals surface area contributed by atoms with Gasteiger partial charge in [0.1, 0.15) is 22.2 Å². The molecule has 4 nitrogen and oxygen atoms in total. The fourth-order valence-corrected chi connectivity index (χ4v) is 3.04. The van der Waals surface area contributed by atoms with Crippen molar-refractivity contribution < 1.29 is 9.25 Å². The second kappa shape index (κ2) is 7.12. The normalized spacial score (nSPS) is 12.6. The van der Waals surface area contributed by atoms with Crippen molar-refractivity contribution in [3.63, 3.8) is 0 Å². The molecule has 142 valence electrons. The van der Waals surface area contributed by atoms with Crippen molar-refractivity contribution in [2.45, 2.75) is 39.7 Å². The van der Waals surface area contributed by atoms with Crippen molar-refractivity contribution in [3.05, 3.63) is 71.7 Å². The van der Waals surface area contributed by atoms with E-state index in [1.165, 1.54) is 5.56 Å². The van der Waals surface area contributed by atoms with Gasteiger partial charge in [-0.1, -0.05) is 42.4 Å². The summed E-state index contributed by atoms with van der Waals surface area (Å²) in [6, 6.07) is 18.3. The number of pyridine rings is 1. The maximum atomic E-state index is 6.19. The van der Waals surface area contributed by atoms with E-state index in [1.54, 1.807) is 0 Å². The van der Waals surface area contributed by atoms with Crippen LogP contribution in [-0.4, -0.2) is 10.6 Å². The molecule has 2 heterocycles. The molecule has 0 unspecified atom stereocenters. The number of hydrogen-bond donors (Lipinski definition) is 0. The highest BCUT2D eigenvalue weighted by atomic mass is 16.6. The molecule has 2 aromatic heterocycles. The predicted molar refractivity (Wildman–Crippen MR) is 113 cm³/mol. The first-order valence-corrected chi connectivity index (χ1v) is 9.57. The number of aryl methyl sites for hydroxylation is 1. The Morgan fingerprint density at radius 3 is 2.54 bits per heavy atom. The lowest BCUT2D eigenvalue weighted by Gasteiger charge is -2.15. The summed E-state index contributed by atoms with van der Waals surface area (Å²) in [5.74, 6) is 0.666. The van der Waals surface area contributed by atoms with E-state index in [0.717, 1.165) is 39.2 Å². The molecule has 0 fully saturated rings. The quantitative estimate of drug-likeness (QED) is 0.424. The molecule has 0 aliphatic carbocycles. The second-order valence-electron chi connectivity index (χ2n) is 7.89. The summed E-state index contributed by atoms with van der Waals surface area (Å²) in [7, 11) is 0. The summed E-state index contributed by atoms with van der Waals surface area (Å²) in [5.41, 5.74) is 2.39. The van der Waals surface area contributed by atoms with Gasteiger partial charge >= 0.3 is 0 Å². The summed E-state index contributed by atoms with van der Waals surface area (Å²) < 4.78 is 6.19. The zero-order chi connectivity index (χ0) is 19.7. The van der Waals surface area contributed by atoms with Crippen LogP contribution in [0.5, 0.6) is 0 Å². The van der Waals surface area contributed by atoms with Crippen LogP contribution in [0.2, 0.25) is 0 Å². The van der Waals surface area contributed by atoms with E-state index < -0.39 is 0 Å². The van der Waals surface area contributed by atoms with Crippen LogP contribution >= 0.6 is 0 Å². The van der Waals surface area contributed by atoms with Crippen molar-refractivity contribution in [2.24, 2.45) is 5.16 Å². The minimum atomic E-state index is -0.372. The lowest BCUT2D eigenvalue weighted by molar-refractivity contribution is -0.00585. The van der Waals surface area contributed by atoms with Gasteiger partial charge in [0.15, 0.2) is 5.76 Å². The average molecular weight is 372 g/mol. The molecule has 4 aromatic rings. The molecular formula is C24H24N2O2. The molecule has 0 bridgehead atoms. The highest BCUT2D eigenvalue weighted by molar-refractivity contribution is 5.85. The highest BCUT2D eigenvalue weighted by Crippen LogP contribution is 2.24. The number of nitrogens with zero attached hydrogens (tertiary/aromatic N) is 2. The smallest absolute Gasteiger partial charge is 0.155 e. The Balaban J connectivity index is 1.93. The third-order valence-electron chi connectivity index (χ3n) is 4.52. The highest BCUT2D eigenvalue weighted by Gasteiger charge is 2.12. The molecule has 0 radical (unpaired) electrons. The molecule has 4 heteroatoms. The topological polar surface area (TPSA) is 47.6 Å². The minimum Gasteiger partial charge on any atom is -0.454 e. The molecule has 28 heavy (non-hydrogen) atoms. The summed E-state index contributed by atoms with van der Waals surface area (Å²) in [4.78, 5) is 10.3. The van der Waals surface area contributed by atoms with Crippen molar-refractivity contribution in [2.75, 3.05) is 0 Å². The third kappa shape index (κ3) is 3.77. The Kier molecular flexibility index (Phi) is 4.63. The van der Waals surface area contributed by atoms with E-state index >= 15 is 0 Å². The molecule has 0 spiro atoms. The van der Waals surface area contributed by atoms with Gasteiger partial charge in [-0.25, -0.2) is 0 Å². The monoisotopic (exact) mass is 372 g/mol. The van der Waals surface area contributed by atoms with Crippen LogP contribution in [0.25, 0.3) is 33.2 Å². The van der Waals surface area contributed by atoms with Crippen molar-refractivity contribution in [1.82, 2.24) is 4.98 Å². The first-order valence-electron chi connectivity index (χ1n) is 9.57. The predicted octanol–water partition coefficient (Wildman–Crippen LogP) is 5.84. The first-order chi connectivity index (χ1) is 13.4. The molecule has 0 amide bonds. The van der Waals surface area contributed by atoms with Crippen LogP contribution in [0.1, 0.15) is 33.3 Å². The molecule has 0 saturated carbocycles. The van der Waals surface area contributed by atoms with Crippen LogP contribution in [0.15, 0.2) is 70.4 Å². The van der Waals surface area contributed by atoms with E-state index in [-0.39, 0.29) is 5.60 Å². The van der Waals surface area contributed by atoms with Crippen molar-refractivity contribution in [3.8, 4) is 11.5 Å². The lowest BCUT2D eigenvalue weighted by Crippen LogP contribution is -2.18. The van der Waals surface area contributed by atoms with Gasteiger partial charge in [0.25, 0.3) is 0 Å². The number of aromatic nitrogens is 1. The summed E-state index contributed by atoms with van der Waals surface area (Å²) in [6.45, 7) is 8.08. The van der Waals surface area contributed by atoms with Gasteiger partial charge in [0.05, 0.1) is 0 Å². The number of hydrogen-bond acceptors (Lipinski definition) is 4. The SMILES string of the molecule is CCc1ccc2oc(-c3cc4ccccc4cn3)cc(=NOC(C)(C)C)c2c1. The molecular weight excluding hydrogens is 348 g/mol. The fraction of sp³-hybridized carbons (Fsp3) is 0.250. The Bertz CT molecular complexity index is 1220. The summed E-state index contributed by atoms with van der Waals surface area (Å²) in [5, 5.41) is 8.34. The molecule has 2 aromatic carbocycles. The fourth-order valence-electron chi connectivity index (χ4n) is 3.04. The van der Waals surface area contributed by atoms with Gasteiger partial charge in [-0.2, -0.15) is 0 Å². The molecule has 0 atom stereocenters. The van der Waals surface area contributed by atoms with Crippen LogP contribution in [0, 0.1) is 0 Å². The third-order valence-corrected chi connectivity index (χ3v) is 4.52. The standard InChI is InChI=1S/C24H24N2O2/c1-5-16-10-11-22-19(12-16)20(26-28-24(2,3)4)14-23(27-22)21-13-17-8-6-7-9-18(17)15-25-21/h6-15H,5H2,1-4H3. The van der Waals surface area contributed by atoms with Gasteiger partial charge in [-0.15, -0.1) is 0 Å². The maximum Gasteiger partial charge on any atom is 0.155 e. The van der Waals surface area contributed by atoms with E-state index in [9.17, 15) is 0 Å². The summed E-state index contributed by atoms with van der Waals surface area (Å²) >= 11 is 0. The van der Waals surface area contributed by atoms with E-state index in [1.807, 2.05) is 63.4 Å². The number of rotatable bonds is 3. The van der Waals surface area contributed by atoms with Gasteiger partial charge < -0.3 is 9.25 Å². The van der Waals surface area contributed by atoms with Gasteiger partial charge in [-0.3, -0.25) is 4.98 Å². The molecule has 0 aliphatic heterocycles. The number of benzene rings is 2. The Labute approximate surface area is 164 Å². The first kappa shape index (κ1) is 18.2. The van der Waals surface area contributed by atoms with E-state index in [4.69, 9.17) is 9.25 Å². The largest absolute Gasteiger partial charge is 0.454 e. The maximum absolute atomic E-state index is 6.19. The van der Waals surface area contributed by atoms with Gasteiger partial charge in [0.2, 0.25) is 0 Å². The van der Waals surface area contributed by atoms with Crippen LogP contribution < -0.4 is 5.36 Å². The Morgan fingerprint density at radius 2 is 1.79 bits per heavy atom. The van der Waals surface area contributed by atoms with E-state index in [2.05, 4.69) is 35.3 Å². The van der Waals surface area contributed by atoms with Gasteiger partial charge in [-0.05, 0) is 56.3 Å². The zero-order valence-electron chi connectivity index (χ0n) is 16.7. The van der Waals surface area contributed by atoms with Crippen molar-refractivity contribution in [1.29, 1.82) is 0 Å². The Morgan fingerprint density at radius 1 is 1.00 bits per heavy atom. The minimum absolute atomic E-state index is 0.372. The van der Waals surface area contributed by atoms with E-state index in [0.29, 0.717) is 5.76 Å². The second-order valence-corrected chi connectivity index (χ2v) is 7.89. The zero-order valence-corrected chi connectivity index (χ0v) is 16.7. The van der Waals surface area contributed by atoms with Crippen LogP contribution in [0.3, 0.4) is 0 Å². The molecule has 0 aliphatic rings. The van der Waals surface area contributed by atoms with Crippen LogP contribution in [0.4, 0.5) is 0 Å². The molecule has 0 saturated heterocycles.